The van der Waals surface area contributed by atoms with Gasteiger partial charge in [0.2, 0.25) is 0 Å². The van der Waals surface area contributed by atoms with Gasteiger partial charge in [0.1, 0.15) is 10.8 Å². The summed E-state index contributed by atoms with van der Waals surface area (Å²) in [5, 5.41) is 17.6. The second kappa shape index (κ2) is 3.51. The zero-order valence-corrected chi connectivity index (χ0v) is 7.89. The Hall–Kier alpha value is -1.46. The summed E-state index contributed by atoms with van der Waals surface area (Å²) in [6.45, 7) is 3.99. The standard InChI is InChI=1S/C7H12N4O2/c1-5(2)4-6-7(11(12)13)8-9-10(6)3/h5H,4H2,1-3H3. The Kier molecular flexibility index (Phi) is 2.60. The van der Waals surface area contributed by atoms with Crippen molar-refractivity contribution < 1.29 is 4.92 Å². The van der Waals surface area contributed by atoms with Crippen LogP contribution >= 0.6 is 0 Å². The molecular formula is C7H12N4O2. The number of rotatable bonds is 3. The average molecular weight is 184 g/mol. The van der Waals surface area contributed by atoms with Crippen LogP contribution in [0, 0.1) is 16.0 Å². The van der Waals surface area contributed by atoms with Gasteiger partial charge in [-0.25, -0.2) is 4.68 Å². The van der Waals surface area contributed by atoms with Crippen molar-refractivity contribution >= 4 is 5.82 Å². The summed E-state index contributed by atoms with van der Waals surface area (Å²) in [5.74, 6) is 0.229. The van der Waals surface area contributed by atoms with Crippen molar-refractivity contribution in [3.05, 3.63) is 15.8 Å². The van der Waals surface area contributed by atoms with Gasteiger partial charge in [-0.05, 0) is 10.8 Å². The Morgan fingerprint density at radius 1 is 1.62 bits per heavy atom. The molecule has 0 aromatic carbocycles. The van der Waals surface area contributed by atoms with Crippen LogP contribution in [0.3, 0.4) is 0 Å². The first-order chi connectivity index (χ1) is 6.02. The maximum absolute atomic E-state index is 10.5. The van der Waals surface area contributed by atoms with E-state index in [0.717, 1.165) is 0 Å². The lowest BCUT2D eigenvalue weighted by Crippen LogP contribution is -2.04. The fraction of sp³-hybridized carbons (Fsp3) is 0.714. The van der Waals surface area contributed by atoms with Gasteiger partial charge in [0.25, 0.3) is 0 Å². The molecule has 1 aromatic heterocycles. The third-order valence-corrected chi connectivity index (χ3v) is 1.70. The zero-order valence-electron chi connectivity index (χ0n) is 7.89. The average Bonchev–Trinajstić information content (AvgIpc) is 2.32. The molecule has 6 heteroatoms. The molecule has 72 valence electrons. The van der Waals surface area contributed by atoms with Gasteiger partial charge in [-0.2, -0.15) is 0 Å². The molecule has 0 N–H and O–H groups in total. The molecule has 0 spiro atoms. The van der Waals surface area contributed by atoms with Gasteiger partial charge in [0.05, 0.1) is 5.21 Å². The van der Waals surface area contributed by atoms with Crippen molar-refractivity contribution in [2.24, 2.45) is 13.0 Å². The molecule has 1 rings (SSSR count). The number of aromatic nitrogens is 3. The van der Waals surface area contributed by atoms with E-state index in [1.807, 2.05) is 13.8 Å². The van der Waals surface area contributed by atoms with Crippen LogP contribution in [-0.2, 0) is 13.5 Å². The number of hydrogen-bond donors (Lipinski definition) is 0. The van der Waals surface area contributed by atoms with Crippen molar-refractivity contribution in [1.29, 1.82) is 0 Å². The van der Waals surface area contributed by atoms with E-state index in [1.165, 1.54) is 4.68 Å². The molecule has 0 bridgehead atoms. The first-order valence-corrected chi connectivity index (χ1v) is 4.05. The van der Waals surface area contributed by atoms with E-state index in [1.54, 1.807) is 7.05 Å². The number of aryl methyl sites for hydroxylation is 1. The van der Waals surface area contributed by atoms with Crippen LogP contribution in [0.4, 0.5) is 5.82 Å². The van der Waals surface area contributed by atoms with Gasteiger partial charge < -0.3 is 10.1 Å². The highest BCUT2D eigenvalue weighted by atomic mass is 16.6. The Bertz CT molecular complexity index is 318. The highest BCUT2D eigenvalue weighted by Gasteiger charge is 2.22. The molecule has 0 radical (unpaired) electrons. The minimum absolute atomic E-state index is 0.129. The molecule has 6 nitrogen and oxygen atoms in total. The van der Waals surface area contributed by atoms with Gasteiger partial charge in [0, 0.05) is 13.5 Å². The number of nitrogens with zero attached hydrogens (tertiary/aromatic N) is 4. The minimum atomic E-state index is -0.495. The van der Waals surface area contributed by atoms with Crippen molar-refractivity contribution in [1.82, 2.24) is 15.0 Å². The molecule has 1 aromatic rings. The van der Waals surface area contributed by atoms with E-state index >= 15 is 0 Å². The fourth-order valence-corrected chi connectivity index (χ4v) is 1.12. The summed E-state index contributed by atoms with van der Waals surface area (Å²) >= 11 is 0. The van der Waals surface area contributed by atoms with Crippen LogP contribution in [-0.4, -0.2) is 19.9 Å². The summed E-state index contributed by atoms with van der Waals surface area (Å²) < 4.78 is 1.46. The number of nitro groups is 1. The zero-order chi connectivity index (χ0) is 10.0. The van der Waals surface area contributed by atoms with Gasteiger partial charge in [0.15, 0.2) is 0 Å². The van der Waals surface area contributed by atoms with Crippen molar-refractivity contribution in [3.8, 4) is 0 Å². The van der Waals surface area contributed by atoms with E-state index in [9.17, 15) is 10.1 Å². The molecule has 0 amide bonds. The normalized spacial score (nSPS) is 10.8. The van der Waals surface area contributed by atoms with E-state index in [0.29, 0.717) is 18.0 Å². The molecule has 0 atom stereocenters. The van der Waals surface area contributed by atoms with Gasteiger partial charge in [-0.1, -0.05) is 13.8 Å². The highest BCUT2D eigenvalue weighted by Crippen LogP contribution is 2.16. The Morgan fingerprint density at radius 2 is 2.23 bits per heavy atom. The number of hydrogen-bond acceptors (Lipinski definition) is 4. The summed E-state index contributed by atoms with van der Waals surface area (Å²) in [5.41, 5.74) is 0.583. The van der Waals surface area contributed by atoms with Gasteiger partial charge in [-0.3, -0.25) is 0 Å². The van der Waals surface area contributed by atoms with Gasteiger partial charge in [-0.15, -0.1) is 0 Å². The van der Waals surface area contributed by atoms with Crippen LogP contribution in [0.1, 0.15) is 19.5 Å². The summed E-state index contributed by atoms with van der Waals surface area (Å²) in [6, 6.07) is 0. The third kappa shape index (κ3) is 2.01. The van der Waals surface area contributed by atoms with Gasteiger partial charge >= 0.3 is 5.82 Å². The lowest BCUT2D eigenvalue weighted by molar-refractivity contribution is -0.390. The summed E-state index contributed by atoms with van der Waals surface area (Å²) in [7, 11) is 1.66. The van der Waals surface area contributed by atoms with E-state index in [2.05, 4.69) is 10.3 Å². The van der Waals surface area contributed by atoms with Crippen molar-refractivity contribution in [3.63, 3.8) is 0 Å². The molecule has 0 aliphatic rings. The van der Waals surface area contributed by atoms with E-state index in [-0.39, 0.29) is 5.82 Å². The molecule has 13 heavy (non-hydrogen) atoms. The van der Waals surface area contributed by atoms with E-state index in [4.69, 9.17) is 0 Å². The first kappa shape index (κ1) is 9.63. The van der Waals surface area contributed by atoms with Crippen molar-refractivity contribution in [2.45, 2.75) is 20.3 Å². The molecule has 0 saturated heterocycles. The lowest BCUT2D eigenvalue weighted by atomic mass is 10.1. The Balaban J connectivity index is 3.01. The van der Waals surface area contributed by atoms with Crippen LogP contribution in [0.2, 0.25) is 0 Å². The molecule has 1 heterocycles. The molecule has 0 fully saturated rings. The third-order valence-electron chi connectivity index (χ3n) is 1.70. The fourth-order valence-electron chi connectivity index (χ4n) is 1.12. The summed E-state index contributed by atoms with van der Waals surface area (Å²) in [4.78, 5) is 10.0. The molecule has 0 aliphatic carbocycles. The lowest BCUT2D eigenvalue weighted by Gasteiger charge is -2.02. The molecule has 0 saturated carbocycles. The Labute approximate surface area is 75.7 Å². The highest BCUT2D eigenvalue weighted by molar-refractivity contribution is 5.24. The summed E-state index contributed by atoms with van der Waals surface area (Å²) in [6.07, 6.45) is 0.625. The molecule has 0 aliphatic heterocycles. The van der Waals surface area contributed by atoms with Crippen LogP contribution in [0.5, 0.6) is 0 Å². The largest absolute Gasteiger partial charge is 0.413 e. The molecule has 0 unspecified atom stereocenters. The SMILES string of the molecule is CC(C)Cc1c([N+](=O)[O-])nnn1C. The maximum atomic E-state index is 10.5. The van der Waals surface area contributed by atoms with E-state index < -0.39 is 4.92 Å². The predicted molar refractivity (Wildman–Crippen MR) is 46.2 cm³/mol. The topological polar surface area (TPSA) is 73.8 Å². The Morgan fingerprint density at radius 3 is 2.69 bits per heavy atom. The minimum Gasteiger partial charge on any atom is -0.358 e. The monoisotopic (exact) mass is 184 g/mol. The second-order valence-electron chi connectivity index (χ2n) is 3.34. The van der Waals surface area contributed by atoms with Crippen LogP contribution in [0.15, 0.2) is 0 Å². The maximum Gasteiger partial charge on any atom is 0.413 e. The second-order valence-corrected chi connectivity index (χ2v) is 3.34. The first-order valence-electron chi connectivity index (χ1n) is 4.05. The quantitative estimate of drug-likeness (QED) is 0.517. The smallest absolute Gasteiger partial charge is 0.358 e. The predicted octanol–water partition coefficient (Wildman–Crippen LogP) is 0.922. The van der Waals surface area contributed by atoms with Crippen molar-refractivity contribution in [2.75, 3.05) is 0 Å². The van der Waals surface area contributed by atoms with Crippen LogP contribution < -0.4 is 0 Å². The van der Waals surface area contributed by atoms with Crippen LogP contribution in [0.25, 0.3) is 0 Å². The molecular weight excluding hydrogens is 172 g/mol.